The minimum absolute atomic E-state index is 0.166. The number of aromatic nitrogens is 2. The number of ketones is 1. The molecule has 0 fully saturated rings. The van der Waals surface area contributed by atoms with Gasteiger partial charge in [-0.25, -0.2) is 0 Å². The molecule has 2 rings (SSSR count). The molecule has 0 aromatic carbocycles. The molecule has 4 nitrogen and oxygen atoms in total. The Morgan fingerprint density at radius 1 is 1.00 bits per heavy atom. The highest BCUT2D eigenvalue weighted by atomic mass is 16.3. The molecule has 0 amide bonds. The second kappa shape index (κ2) is 5.03. The van der Waals surface area contributed by atoms with Crippen LogP contribution in [0.4, 0.5) is 0 Å². The molecule has 84 valence electrons. The van der Waals surface area contributed by atoms with Gasteiger partial charge in [0.25, 0.3) is 0 Å². The van der Waals surface area contributed by atoms with Crippen molar-refractivity contribution in [3.05, 3.63) is 66.3 Å². The number of pyridine rings is 2. The van der Waals surface area contributed by atoms with Gasteiger partial charge in [-0.05, 0) is 24.3 Å². The minimum atomic E-state index is -0.353. The molecular formula is C13H10N2O2. The zero-order valence-corrected chi connectivity index (χ0v) is 8.95. The van der Waals surface area contributed by atoms with Crippen molar-refractivity contribution < 1.29 is 9.90 Å². The molecule has 0 aliphatic carbocycles. The van der Waals surface area contributed by atoms with Crippen molar-refractivity contribution in [1.29, 1.82) is 0 Å². The minimum Gasteiger partial charge on any atom is -0.506 e. The molecule has 0 radical (unpaired) electrons. The van der Waals surface area contributed by atoms with E-state index in [1.165, 1.54) is 6.20 Å². The van der Waals surface area contributed by atoms with Gasteiger partial charge in [-0.3, -0.25) is 14.8 Å². The lowest BCUT2D eigenvalue weighted by Gasteiger charge is -1.98. The summed E-state index contributed by atoms with van der Waals surface area (Å²) in [5, 5.41) is 9.70. The van der Waals surface area contributed by atoms with Crippen molar-refractivity contribution >= 4 is 11.5 Å². The third-order valence-corrected chi connectivity index (χ3v) is 2.11. The Bertz CT molecular complexity index is 536. The summed E-state index contributed by atoms with van der Waals surface area (Å²) in [7, 11) is 0. The maximum atomic E-state index is 11.7. The number of nitrogens with zero attached hydrogens (tertiary/aromatic N) is 2. The van der Waals surface area contributed by atoms with Crippen LogP contribution in [-0.2, 0) is 0 Å². The van der Waals surface area contributed by atoms with Gasteiger partial charge < -0.3 is 5.11 Å². The number of hydrogen-bond donors (Lipinski definition) is 1. The zero-order valence-electron chi connectivity index (χ0n) is 8.95. The molecule has 0 saturated carbocycles. The van der Waals surface area contributed by atoms with E-state index in [0.29, 0.717) is 5.69 Å². The summed E-state index contributed by atoms with van der Waals surface area (Å²) in [4.78, 5) is 19.5. The quantitative estimate of drug-likeness (QED) is 0.495. The van der Waals surface area contributed by atoms with Crippen LogP contribution in [-0.4, -0.2) is 20.9 Å². The van der Waals surface area contributed by atoms with Crippen LogP contribution in [0.2, 0.25) is 0 Å². The topological polar surface area (TPSA) is 63.1 Å². The lowest BCUT2D eigenvalue weighted by atomic mass is 10.2. The third kappa shape index (κ3) is 2.75. The molecule has 0 aliphatic rings. The van der Waals surface area contributed by atoms with Crippen molar-refractivity contribution in [3.63, 3.8) is 0 Å². The Labute approximate surface area is 98.3 Å². The molecule has 1 N–H and O–H groups in total. The monoisotopic (exact) mass is 226 g/mol. The predicted molar refractivity (Wildman–Crippen MR) is 63.4 cm³/mol. The third-order valence-electron chi connectivity index (χ3n) is 2.11. The van der Waals surface area contributed by atoms with Gasteiger partial charge in [0.2, 0.25) is 5.78 Å². The van der Waals surface area contributed by atoms with Gasteiger partial charge in [-0.1, -0.05) is 12.1 Å². The molecule has 17 heavy (non-hydrogen) atoms. The number of carbonyl (C=O) groups excluding carboxylic acids is 1. The van der Waals surface area contributed by atoms with Gasteiger partial charge in [0.1, 0.15) is 17.1 Å². The maximum absolute atomic E-state index is 11.7. The Hall–Kier alpha value is -2.49. The first-order valence-electron chi connectivity index (χ1n) is 5.05. The summed E-state index contributed by atoms with van der Waals surface area (Å²) in [6.45, 7) is 0. The van der Waals surface area contributed by atoms with Crippen LogP contribution < -0.4 is 0 Å². The van der Waals surface area contributed by atoms with E-state index >= 15 is 0 Å². The van der Waals surface area contributed by atoms with Crippen LogP contribution in [0.15, 0.2) is 54.9 Å². The fourth-order valence-electron chi connectivity index (χ4n) is 1.29. The number of carbonyl (C=O) groups is 1. The molecule has 2 heterocycles. The molecular weight excluding hydrogens is 216 g/mol. The fraction of sp³-hybridized carbons (Fsp3) is 0. The van der Waals surface area contributed by atoms with Crippen molar-refractivity contribution in [3.8, 4) is 0 Å². The lowest BCUT2D eigenvalue weighted by molar-refractivity contribution is 0.104. The second-order valence-electron chi connectivity index (χ2n) is 3.32. The van der Waals surface area contributed by atoms with Gasteiger partial charge in [-0.15, -0.1) is 0 Å². The highest BCUT2D eigenvalue weighted by molar-refractivity contribution is 6.06. The normalized spacial score (nSPS) is 11.2. The molecule has 0 bridgehead atoms. The van der Waals surface area contributed by atoms with E-state index in [4.69, 9.17) is 0 Å². The summed E-state index contributed by atoms with van der Waals surface area (Å²) < 4.78 is 0. The number of aliphatic hydroxyl groups is 1. The molecule has 0 atom stereocenters. The van der Waals surface area contributed by atoms with Crippen LogP contribution in [0.25, 0.3) is 5.76 Å². The van der Waals surface area contributed by atoms with E-state index < -0.39 is 0 Å². The van der Waals surface area contributed by atoms with Gasteiger partial charge in [0, 0.05) is 18.5 Å². The van der Waals surface area contributed by atoms with E-state index in [1.54, 1.807) is 42.6 Å². The first kappa shape index (κ1) is 11.0. The highest BCUT2D eigenvalue weighted by Gasteiger charge is 2.06. The summed E-state index contributed by atoms with van der Waals surface area (Å²) in [6, 6.07) is 10.1. The standard InChI is InChI=1S/C13H10N2O2/c16-12(10-5-1-3-7-14-10)9-13(17)11-6-2-4-8-15-11/h1-9,16H/b12-9-. The van der Waals surface area contributed by atoms with E-state index in [-0.39, 0.29) is 17.2 Å². The predicted octanol–water partition coefficient (Wildman–Crippen LogP) is 2.26. The largest absolute Gasteiger partial charge is 0.506 e. The molecule has 0 unspecified atom stereocenters. The number of allylic oxidation sites excluding steroid dienone is 1. The van der Waals surface area contributed by atoms with Crippen molar-refractivity contribution in [2.24, 2.45) is 0 Å². The summed E-state index contributed by atoms with van der Waals surface area (Å²) in [6.07, 6.45) is 4.19. The molecule has 4 heteroatoms. The lowest BCUT2D eigenvalue weighted by Crippen LogP contribution is -1.99. The molecule has 0 saturated heterocycles. The molecule has 0 spiro atoms. The van der Waals surface area contributed by atoms with Gasteiger partial charge >= 0.3 is 0 Å². The molecule has 2 aromatic heterocycles. The molecule has 2 aromatic rings. The summed E-state index contributed by atoms with van der Waals surface area (Å²) in [5.41, 5.74) is 0.645. The van der Waals surface area contributed by atoms with Crippen molar-refractivity contribution in [2.75, 3.05) is 0 Å². The first-order chi connectivity index (χ1) is 8.27. The Morgan fingerprint density at radius 3 is 2.12 bits per heavy atom. The van der Waals surface area contributed by atoms with Gasteiger partial charge in [-0.2, -0.15) is 0 Å². The zero-order chi connectivity index (χ0) is 12.1. The number of hydrogen-bond acceptors (Lipinski definition) is 4. The van der Waals surface area contributed by atoms with Crippen LogP contribution in [0.5, 0.6) is 0 Å². The Kier molecular flexibility index (Phi) is 3.25. The van der Waals surface area contributed by atoms with E-state index in [9.17, 15) is 9.90 Å². The Balaban J connectivity index is 2.24. The van der Waals surface area contributed by atoms with Crippen LogP contribution >= 0.6 is 0 Å². The first-order valence-corrected chi connectivity index (χ1v) is 5.05. The van der Waals surface area contributed by atoms with Crippen molar-refractivity contribution in [2.45, 2.75) is 0 Å². The molecule has 0 aliphatic heterocycles. The van der Waals surface area contributed by atoms with Crippen LogP contribution in [0, 0.1) is 0 Å². The second-order valence-corrected chi connectivity index (χ2v) is 3.32. The highest BCUT2D eigenvalue weighted by Crippen LogP contribution is 2.08. The average Bonchev–Trinajstić information content (AvgIpc) is 2.40. The summed E-state index contributed by atoms with van der Waals surface area (Å²) in [5.74, 6) is -0.519. The van der Waals surface area contributed by atoms with Crippen LogP contribution in [0.3, 0.4) is 0 Å². The summed E-state index contributed by atoms with van der Waals surface area (Å²) >= 11 is 0. The van der Waals surface area contributed by atoms with Crippen molar-refractivity contribution in [1.82, 2.24) is 9.97 Å². The van der Waals surface area contributed by atoms with E-state index in [1.807, 2.05) is 0 Å². The Morgan fingerprint density at radius 2 is 1.59 bits per heavy atom. The van der Waals surface area contributed by atoms with E-state index in [2.05, 4.69) is 9.97 Å². The van der Waals surface area contributed by atoms with Gasteiger partial charge in [0.15, 0.2) is 0 Å². The smallest absolute Gasteiger partial charge is 0.207 e. The fourth-order valence-corrected chi connectivity index (χ4v) is 1.29. The van der Waals surface area contributed by atoms with E-state index in [0.717, 1.165) is 6.08 Å². The number of rotatable bonds is 3. The number of aliphatic hydroxyl groups excluding tert-OH is 1. The van der Waals surface area contributed by atoms with Gasteiger partial charge in [0.05, 0.1) is 0 Å². The SMILES string of the molecule is O=C(/C=C(\O)c1ccccn1)c1ccccn1. The van der Waals surface area contributed by atoms with Crippen LogP contribution in [0.1, 0.15) is 16.2 Å². The maximum Gasteiger partial charge on any atom is 0.207 e. The average molecular weight is 226 g/mol.